The minimum Gasteiger partial charge on any atom is -0.310 e. The van der Waals surface area contributed by atoms with E-state index in [-0.39, 0.29) is 6.04 Å². The van der Waals surface area contributed by atoms with Crippen LogP contribution < -0.4 is 5.32 Å². The first-order valence-electron chi connectivity index (χ1n) is 9.92. The fraction of sp³-hybridized carbons (Fsp3) is 0.261. The number of hydrogen-bond acceptors (Lipinski definition) is 4. The molecule has 0 bridgehead atoms. The monoisotopic (exact) mass is 449 g/mol. The van der Waals surface area contributed by atoms with Gasteiger partial charge in [0.05, 0.1) is 17.9 Å². The summed E-state index contributed by atoms with van der Waals surface area (Å²) >= 11 is 3.77. The molecule has 1 aromatic heterocycles. The lowest BCUT2D eigenvalue weighted by molar-refractivity contribution is 0.625. The van der Waals surface area contributed by atoms with E-state index in [1.54, 1.807) is 0 Å². The summed E-state index contributed by atoms with van der Waals surface area (Å²) in [5.74, 6) is 1.78. The molecule has 1 unspecified atom stereocenters. The van der Waals surface area contributed by atoms with Gasteiger partial charge in [0, 0.05) is 15.6 Å². The van der Waals surface area contributed by atoms with Gasteiger partial charge in [-0.2, -0.15) is 0 Å². The standard InChI is InChI=1S/C23H24BrN5/c1-3-5-14-25-15-20-27-28-23-18(4-2)26-22(16-10-7-6-8-11-16)21-17(24)12-9-13-19(21)29(20)23/h3,6-13,18,25H,1,4-5,14-15H2,2H3. The van der Waals surface area contributed by atoms with Crippen LogP contribution in [0.5, 0.6) is 0 Å². The van der Waals surface area contributed by atoms with Gasteiger partial charge in [-0.25, -0.2) is 0 Å². The summed E-state index contributed by atoms with van der Waals surface area (Å²) in [5, 5.41) is 12.5. The number of fused-ring (bicyclic) bond motifs is 3. The lowest BCUT2D eigenvalue weighted by Crippen LogP contribution is -2.19. The van der Waals surface area contributed by atoms with Crippen molar-refractivity contribution in [2.45, 2.75) is 32.4 Å². The summed E-state index contributed by atoms with van der Waals surface area (Å²) in [6.07, 6.45) is 3.68. The van der Waals surface area contributed by atoms with Gasteiger partial charge < -0.3 is 5.32 Å². The van der Waals surface area contributed by atoms with Crippen LogP contribution in [-0.2, 0) is 6.54 Å². The Bertz CT molecular complexity index is 1040. The van der Waals surface area contributed by atoms with Crippen molar-refractivity contribution in [2.24, 2.45) is 4.99 Å². The van der Waals surface area contributed by atoms with Crippen molar-refractivity contribution in [1.29, 1.82) is 0 Å². The van der Waals surface area contributed by atoms with E-state index in [1.807, 2.05) is 12.1 Å². The zero-order valence-electron chi connectivity index (χ0n) is 16.5. The highest BCUT2D eigenvalue weighted by atomic mass is 79.9. The summed E-state index contributed by atoms with van der Waals surface area (Å²) < 4.78 is 3.19. The molecule has 6 heteroatoms. The van der Waals surface area contributed by atoms with Crippen molar-refractivity contribution in [3.63, 3.8) is 0 Å². The molecule has 3 aromatic rings. The Kier molecular flexibility index (Phi) is 6.02. The van der Waals surface area contributed by atoms with Crippen molar-refractivity contribution < 1.29 is 0 Å². The number of aromatic nitrogens is 3. The van der Waals surface area contributed by atoms with E-state index in [1.165, 1.54) is 0 Å². The Morgan fingerprint density at radius 3 is 2.72 bits per heavy atom. The Morgan fingerprint density at radius 1 is 1.14 bits per heavy atom. The van der Waals surface area contributed by atoms with E-state index < -0.39 is 0 Å². The number of benzene rings is 2. The summed E-state index contributed by atoms with van der Waals surface area (Å²) in [4.78, 5) is 5.16. The van der Waals surface area contributed by atoms with Crippen molar-refractivity contribution in [1.82, 2.24) is 20.1 Å². The Labute approximate surface area is 179 Å². The lowest BCUT2D eigenvalue weighted by atomic mass is 10.0. The van der Waals surface area contributed by atoms with E-state index in [0.717, 1.165) is 58.0 Å². The SMILES string of the molecule is C=CCCNCc1nnc2n1-c1cccc(Br)c1C(c1ccccc1)=NC2CC. The van der Waals surface area contributed by atoms with Crippen LogP contribution in [-0.4, -0.2) is 27.0 Å². The fourth-order valence-electron chi connectivity index (χ4n) is 3.63. The van der Waals surface area contributed by atoms with Crippen LogP contribution in [0.25, 0.3) is 5.69 Å². The first kappa shape index (κ1) is 19.7. The van der Waals surface area contributed by atoms with E-state index in [9.17, 15) is 0 Å². The molecule has 1 aliphatic heterocycles. The van der Waals surface area contributed by atoms with E-state index in [2.05, 4.69) is 92.0 Å². The number of nitrogens with zero attached hydrogens (tertiary/aromatic N) is 4. The molecular weight excluding hydrogens is 426 g/mol. The van der Waals surface area contributed by atoms with Gasteiger partial charge in [0.15, 0.2) is 11.6 Å². The number of nitrogens with one attached hydrogen (secondary N) is 1. The quantitative estimate of drug-likeness (QED) is 0.407. The third kappa shape index (κ3) is 3.82. The molecule has 2 heterocycles. The molecule has 0 aliphatic carbocycles. The topological polar surface area (TPSA) is 55.1 Å². The van der Waals surface area contributed by atoms with Gasteiger partial charge in [0.1, 0.15) is 6.04 Å². The maximum absolute atomic E-state index is 5.16. The molecule has 5 nitrogen and oxygen atoms in total. The molecule has 0 spiro atoms. The van der Waals surface area contributed by atoms with Crippen molar-refractivity contribution in [3.8, 4) is 5.69 Å². The van der Waals surface area contributed by atoms with Crippen LogP contribution >= 0.6 is 15.9 Å². The van der Waals surface area contributed by atoms with Gasteiger partial charge in [-0.15, -0.1) is 16.8 Å². The minimum absolute atomic E-state index is 0.0565. The second-order valence-electron chi connectivity index (χ2n) is 6.97. The third-order valence-electron chi connectivity index (χ3n) is 5.05. The normalized spacial score (nSPS) is 15.2. The van der Waals surface area contributed by atoms with E-state index >= 15 is 0 Å². The highest BCUT2D eigenvalue weighted by Gasteiger charge is 2.29. The van der Waals surface area contributed by atoms with Crippen LogP contribution in [0.15, 0.2) is 70.7 Å². The minimum atomic E-state index is -0.0565. The second kappa shape index (κ2) is 8.84. The Hall–Kier alpha value is -2.57. The highest BCUT2D eigenvalue weighted by Crippen LogP contribution is 2.35. The zero-order valence-corrected chi connectivity index (χ0v) is 18.1. The zero-order chi connectivity index (χ0) is 20.2. The van der Waals surface area contributed by atoms with Crippen LogP contribution in [0.2, 0.25) is 0 Å². The average Bonchev–Trinajstić information content (AvgIpc) is 3.10. The van der Waals surface area contributed by atoms with Gasteiger partial charge in [-0.05, 0) is 31.5 Å². The van der Waals surface area contributed by atoms with Gasteiger partial charge in [-0.3, -0.25) is 9.56 Å². The van der Waals surface area contributed by atoms with Crippen molar-refractivity contribution >= 4 is 21.6 Å². The van der Waals surface area contributed by atoms with Crippen molar-refractivity contribution in [2.75, 3.05) is 6.54 Å². The Balaban J connectivity index is 1.88. The molecular formula is C23H24BrN5. The van der Waals surface area contributed by atoms with E-state index in [0.29, 0.717) is 6.54 Å². The third-order valence-corrected chi connectivity index (χ3v) is 5.71. The molecule has 0 amide bonds. The van der Waals surface area contributed by atoms with Crippen LogP contribution in [0.1, 0.15) is 48.6 Å². The van der Waals surface area contributed by atoms with Crippen molar-refractivity contribution in [3.05, 3.63) is 88.4 Å². The first-order chi connectivity index (χ1) is 14.2. The van der Waals surface area contributed by atoms with Crippen LogP contribution in [0, 0.1) is 0 Å². The number of aliphatic imine (C=N–C) groups is 1. The molecule has 2 aromatic carbocycles. The van der Waals surface area contributed by atoms with E-state index in [4.69, 9.17) is 4.99 Å². The number of hydrogen-bond donors (Lipinski definition) is 1. The molecule has 1 atom stereocenters. The first-order valence-corrected chi connectivity index (χ1v) is 10.7. The molecule has 0 saturated carbocycles. The molecule has 29 heavy (non-hydrogen) atoms. The highest BCUT2D eigenvalue weighted by molar-refractivity contribution is 9.10. The summed E-state index contributed by atoms with van der Waals surface area (Å²) in [5.41, 5.74) is 4.21. The number of halogens is 1. The summed E-state index contributed by atoms with van der Waals surface area (Å²) in [6.45, 7) is 7.43. The molecule has 0 radical (unpaired) electrons. The number of rotatable bonds is 7. The molecule has 0 saturated heterocycles. The van der Waals surface area contributed by atoms with Gasteiger partial charge >= 0.3 is 0 Å². The molecule has 4 rings (SSSR count). The molecule has 148 valence electrons. The fourth-order valence-corrected chi connectivity index (χ4v) is 4.17. The van der Waals surface area contributed by atoms with Gasteiger partial charge in [0.2, 0.25) is 0 Å². The Morgan fingerprint density at radius 2 is 1.97 bits per heavy atom. The predicted octanol–water partition coefficient (Wildman–Crippen LogP) is 5.00. The summed E-state index contributed by atoms with van der Waals surface area (Å²) in [6, 6.07) is 16.5. The van der Waals surface area contributed by atoms with Crippen LogP contribution in [0.4, 0.5) is 0 Å². The maximum atomic E-state index is 5.16. The van der Waals surface area contributed by atoms with Gasteiger partial charge in [0.25, 0.3) is 0 Å². The molecule has 1 N–H and O–H groups in total. The smallest absolute Gasteiger partial charge is 0.162 e. The van der Waals surface area contributed by atoms with Crippen LogP contribution in [0.3, 0.4) is 0 Å². The largest absolute Gasteiger partial charge is 0.310 e. The lowest BCUT2D eigenvalue weighted by Gasteiger charge is -2.15. The molecule has 1 aliphatic rings. The summed E-state index contributed by atoms with van der Waals surface area (Å²) in [7, 11) is 0. The predicted molar refractivity (Wildman–Crippen MR) is 121 cm³/mol. The second-order valence-corrected chi connectivity index (χ2v) is 7.82. The molecule has 0 fully saturated rings. The maximum Gasteiger partial charge on any atom is 0.162 e. The van der Waals surface area contributed by atoms with Gasteiger partial charge in [-0.1, -0.05) is 65.3 Å². The average molecular weight is 450 g/mol.